The predicted octanol–water partition coefficient (Wildman–Crippen LogP) is 3.88. The molecule has 2 aliphatic heterocycles. The van der Waals surface area contributed by atoms with Crippen LogP contribution in [0, 0.1) is 22.0 Å². The monoisotopic (exact) mass is 579 g/mol. The van der Waals surface area contributed by atoms with Crippen molar-refractivity contribution in [1.29, 1.82) is 0 Å². The number of imide groups is 1. The summed E-state index contributed by atoms with van der Waals surface area (Å²) in [5, 5.41) is 25.0. The number of benzene rings is 3. The number of carboxylic acids is 1. The highest BCUT2D eigenvalue weighted by molar-refractivity contribution is 9.10. The Kier molecular flexibility index (Phi) is 6.49. The van der Waals surface area contributed by atoms with E-state index in [0.29, 0.717) is 11.1 Å². The molecule has 2 fully saturated rings. The van der Waals surface area contributed by atoms with Gasteiger partial charge in [0.05, 0.1) is 35.6 Å². The van der Waals surface area contributed by atoms with Crippen molar-refractivity contribution in [2.24, 2.45) is 11.8 Å². The standard InChI is InChI=1S/C27H22BrN3O7/c1-38-20-13-18(31(36)37)11-12-19(20)30-24(32)21-22(25(30)33)27(26(34)35,14-15-5-3-2-4-6-15)29-23(21)16-7-9-17(28)10-8-16/h2-13,21-23,29H,14H2,1H3,(H,34,35)/t21-,22+,23-,27-/m0/s1. The van der Waals surface area contributed by atoms with Crippen LogP contribution in [-0.2, 0) is 20.8 Å². The lowest BCUT2D eigenvalue weighted by molar-refractivity contribution is -0.384. The molecule has 11 heteroatoms. The molecule has 2 heterocycles. The van der Waals surface area contributed by atoms with E-state index in [1.165, 1.54) is 19.2 Å². The van der Waals surface area contributed by atoms with E-state index in [1.807, 2.05) is 0 Å². The molecule has 0 bridgehead atoms. The number of ether oxygens (including phenoxy) is 1. The minimum Gasteiger partial charge on any atom is -0.494 e. The van der Waals surface area contributed by atoms with Crippen LogP contribution in [0.4, 0.5) is 11.4 Å². The molecule has 2 amide bonds. The molecule has 194 valence electrons. The minimum atomic E-state index is -1.79. The fraction of sp³-hybridized carbons (Fsp3) is 0.222. The Balaban J connectivity index is 1.66. The Morgan fingerprint density at radius 3 is 2.39 bits per heavy atom. The van der Waals surface area contributed by atoms with Gasteiger partial charge in [0, 0.05) is 23.0 Å². The summed E-state index contributed by atoms with van der Waals surface area (Å²) in [7, 11) is 1.28. The minimum absolute atomic E-state index is 0.0241. The predicted molar refractivity (Wildman–Crippen MR) is 140 cm³/mol. The lowest BCUT2D eigenvalue weighted by Crippen LogP contribution is -2.57. The first-order valence-electron chi connectivity index (χ1n) is 11.7. The number of methoxy groups -OCH3 is 1. The van der Waals surface area contributed by atoms with E-state index < -0.39 is 46.1 Å². The van der Waals surface area contributed by atoms with Crippen LogP contribution >= 0.6 is 15.9 Å². The molecule has 2 N–H and O–H groups in total. The number of aliphatic carboxylic acids is 1. The highest BCUT2D eigenvalue weighted by Gasteiger charge is 2.68. The van der Waals surface area contributed by atoms with Gasteiger partial charge in [0.25, 0.3) is 5.69 Å². The zero-order valence-electron chi connectivity index (χ0n) is 20.0. The molecular weight excluding hydrogens is 558 g/mol. The number of nitro groups is 1. The summed E-state index contributed by atoms with van der Waals surface area (Å²) in [6, 6.07) is 18.8. The second-order valence-corrected chi connectivity index (χ2v) is 10.2. The fourth-order valence-corrected chi connectivity index (χ4v) is 5.78. The number of non-ortho nitro benzene ring substituents is 1. The molecule has 0 saturated carbocycles. The van der Waals surface area contributed by atoms with Gasteiger partial charge in [-0.1, -0.05) is 58.4 Å². The Bertz CT molecular complexity index is 1450. The third kappa shape index (κ3) is 4.04. The number of carbonyl (C=O) groups excluding carboxylic acids is 2. The van der Waals surface area contributed by atoms with Crippen molar-refractivity contribution in [1.82, 2.24) is 5.32 Å². The van der Waals surface area contributed by atoms with Gasteiger partial charge in [0.1, 0.15) is 11.3 Å². The van der Waals surface area contributed by atoms with Crippen LogP contribution in [0.15, 0.2) is 77.3 Å². The fourth-order valence-electron chi connectivity index (χ4n) is 5.51. The summed E-state index contributed by atoms with van der Waals surface area (Å²) in [6.07, 6.45) is -0.0401. The van der Waals surface area contributed by atoms with Crippen LogP contribution in [0.2, 0.25) is 0 Å². The van der Waals surface area contributed by atoms with Gasteiger partial charge in [-0.2, -0.15) is 0 Å². The maximum Gasteiger partial charge on any atom is 0.325 e. The van der Waals surface area contributed by atoms with Crippen molar-refractivity contribution in [3.8, 4) is 5.75 Å². The molecule has 0 unspecified atom stereocenters. The Hall–Kier alpha value is -4.09. The number of halogens is 1. The molecule has 10 nitrogen and oxygen atoms in total. The quantitative estimate of drug-likeness (QED) is 0.244. The SMILES string of the molecule is COc1cc([N+](=O)[O-])ccc1N1C(=O)[C@@H]2[C@H](c3ccc(Br)cc3)N[C@](Cc3ccccc3)(C(=O)O)[C@H]2C1=O. The van der Waals surface area contributed by atoms with Crippen LogP contribution in [0.1, 0.15) is 17.2 Å². The maximum absolute atomic E-state index is 14.0. The summed E-state index contributed by atoms with van der Waals surface area (Å²) in [6.45, 7) is 0. The molecule has 3 aromatic rings. The van der Waals surface area contributed by atoms with E-state index in [-0.39, 0.29) is 23.5 Å². The van der Waals surface area contributed by atoms with Crippen molar-refractivity contribution >= 4 is 45.1 Å². The summed E-state index contributed by atoms with van der Waals surface area (Å²) >= 11 is 3.39. The van der Waals surface area contributed by atoms with Gasteiger partial charge in [0.15, 0.2) is 0 Å². The summed E-state index contributed by atoms with van der Waals surface area (Å²) in [4.78, 5) is 52.6. The molecule has 0 aromatic heterocycles. The number of nitro benzene ring substituents is 1. The number of anilines is 1. The van der Waals surface area contributed by atoms with Crippen molar-refractivity contribution in [3.63, 3.8) is 0 Å². The molecule has 4 atom stereocenters. The first-order valence-corrected chi connectivity index (χ1v) is 12.5. The van der Waals surface area contributed by atoms with Crippen LogP contribution in [0.25, 0.3) is 0 Å². The molecule has 0 spiro atoms. The van der Waals surface area contributed by atoms with Gasteiger partial charge < -0.3 is 9.84 Å². The lowest BCUT2D eigenvalue weighted by atomic mass is 9.76. The number of hydrogen-bond acceptors (Lipinski definition) is 7. The van der Waals surface area contributed by atoms with Crippen LogP contribution in [-0.4, -0.2) is 40.5 Å². The molecule has 0 radical (unpaired) electrons. The Labute approximate surface area is 225 Å². The van der Waals surface area contributed by atoms with E-state index in [2.05, 4.69) is 21.2 Å². The van der Waals surface area contributed by atoms with Crippen LogP contribution in [0.5, 0.6) is 5.75 Å². The molecule has 0 aliphatic carbocycles. The topological polar surface area (TPSA) is 139 Å². The third-order valence-electron chi connectivity index (χ3n) is 7.21. The number of nitrogens with zero attached hydrogens (tertiary/aromatic N) is 2. The van der Waals surface area contributed by atoms with E-state index in [0.717, 1.165) is 15.4 Å². The molecular formula is C27H22BrN3O7. The second kappa shape index (κ2) is 9.66. The molecule has 5 rings (SSSR count). The van der Waals surface area contributed by atoms with E-state index >= 15 is 0 Å². The maximum atomic E-state index is 14.0. The average molecular weight is 580 g/mol. The van der Waals surface area contributed by atoms with Gasteiger partial charge in [-0.15, -0.1) is 0 Å². The number of amides is 2. The Morgan fingerprint density at radius 1 is 1.11 bits per heavy atom. The summed E-state index contributed by atoms with van der Waals surface area (Å²) in [5.41, 5.74) is -0.708. The van der Waals surface area contributed by atoms with Gasteiger partial charge in [-0.05, 0) is 29.3 Å². The van der Waals surface area contributed by atoms with Gasteiger partial charge in [0.2, 0.25) is 11.8 Å². The number of carbonyl (C=O) groups is 3. The summed E-state index contributed by atoms with van der Waals surface area (Å²) < 4.78 is 6.10. The van der Waals surface area contributed by atoms with Gasteiger partial charge >= 0.3 is 5.97 Å². The second-order valence-electron chi connectivity index (χ2n) is 9.24. The van der Waals surface area contributed by atoms with Crippen molar-refractivity contribution in [3.05, 3.63) is 98.5 Å². The number of carboxylic acid groups (broad SMARTS) is 1. The number of nitrogens with one attached hydrogen (secondary N) is 1. The molecule has 2 aliphatic rings. The van der Waals surface area contributed by atoms with Gasteiger partial charge in [-0.25, -0.2) is 4.90 Å². The Morgan fingerprint density at radius 2 is 1.79 bits per heavy atom. The third-order valence-corrected chi connectivity index (χ3v) is 7.73. The first-order chi connectivity index (χ1) is 18.2. The van der Waals surface area contributed by atoms with E-state index in [1.54, 1.807) is 54.6 Å². The van der Waals surface area contributed by atoms with E-state index in [9.17, 15) is 29.6 Å². The number of rotatable bonds is 7. The molecule has 3 aromatic carbocycles. The summed E-state index contributed by atoms with van der Waals surface area (Å²) in [5.74, 6) is -4.90. The van der Waals surface area contributed by atoms with Crippen LogP contribution < -0.4 is 15.0 Å². The van der Waals surface area contributed by atoms with Crippen molar-refractivity contribution < 1.29 is 29.2 Å². The zero-order valence-corrected chi connectivity index (χ0v) is 21.6. The van der Waals surface area contributed by atoms with Crippen molar-refractivity contribution in [2.75, 3.05) is 12.0 Å². The molecule has 2 saturated heterocycles. The van der Waals surface area contributed by atoms with Gasteiger partial charge in [-0.3, -0.25) is 29.8 Å². The smallest absolute Gasteiger partial charge is 0.325 e. The first kappa shape index (κ1) is 25.6. The molecule has 38 heavy (non-hydrogen) atoms. The van der Waals surface area contributed by atoms with Crippen LogP contribution in [0.3, 0.4) is 0 Å². The highest BCUT2D eigenvalue weighted by atomic mass is 79.9. The largest absolute Gasteiger partial charge is 0.494 e. The van der Waals surface area contributed by atoms with E-state index in [4.69, 9.17) is 4.74 Å². The van der Waals surface area contributed by atoms with Crippen molar-refractivity contribution in [2.45, 2.75) is 18.0 Å². The number of fused-ring (bicyclic) bond motifs is 1. The zero-order chi connectivity index (χ0) is 27.2. The highest BCUT2D eigenvalue weighted by Crippen LogP contribution is 2.52. The average Bonchev–Trinajstić information content (AvgIpc) is 3.38. The normalized spacial score (nSPS) is 24.4. The number of hydrogen-bond donors (Lipinski definition) is 2. The lowest BCUT2D eigenvalue weighted by Gasteiger charge is -2.31.